The summed E-state index contributed by atoms with van der Waals surface area (Å²) in [5, 5.41) is 2.68. The summed E-state index contributed by atoms with van der Waals surface area (Å²) in [6, 6.07) is 18.2. The monoisotopic (exact) mass is 557 g/mol. The van der Waals surface area contributed by atoms with E-state index in [1.807, 2.05) is 13.2 Å². The summed E-state index contributed by atoms with van der Waals surface area (Å²) in [6.45, 7) is 4.74. The molecule has 0 radical (unpaired) electrons. The zero-order chi connectivity index (χ0) is 27.9. The first kappa shape index (κ1) is 29.2. The normalized spacial score (nSPS) is 12.0. The van der Waals surface area contributed by atoms with Gasteiger partial charge in [-0.15, -0.1) is 11.8 Å². The van der Waals surface area contributed by atoms with Crippen molar-refractivity contribution < 1.29 is 22.4 Å². The van der Waals surface area contributed by atoms with Gasteiger partial charge in [0.05, 0.1) is 10.6 Å². The van der Waals surface area contributed by atoms with Gasteiger partial charge in [-0.2, -0.15) is 0 Å². The maximum atomic E-state index is 14.5. The largest absolute Gasteiger partial charge is 0.355 e. The lowest BCUT2D eigenvalue weighted by Gasteiger charge is -2.32. The Bertz CT molecular complexity index is 1360. The van der Waals surface area contributed by atoms with E-state index in [9.17, 15) is 22.4 Å². The quantitative estimate of drug-likeness (QED) is 0.348. The van der Waals surface area contributed by atoms with E-state index in [-0.39, 0.29) is 17.0 Å². The van der Waals surface area contributed by atoms with Gasteiger partial charge in [0.25, 0.3) is 10.0 Å². The number of halogens is 1. The number of sulfonamides is 1. The molecule has 0 saturated heterocycles. The molecule has 202 valence electrons. The van der Waals surface area contributed by atoms with Crippen molar-refractivity contribution in [2.75, 3.05) is 23.7 Å². The number of carbonyl (C=O) groups is 2. The molecular weight excluding hydrogens is 525 g/mol. The van der Waals surface area contributed by atoms with Crippen LogP contribution in [0, 0.1) is 12.7 Å². The van der Waals surface area contributed by atoms with Crippen molar-refractivity contribution in [3.05, 3.63) is 89.7 Å². The van der Waals surface area contributed by atoms with Crippen molar-refractivity contribution in [3.63, 3.8) is 0 Å². The lowest BCUT2D eigenvalue weighted by Crippen LogP contribution is -2.51. The van der Waals surface area contributed by atoms with E-state index in [1.54, 1.807) is 49.4 Å². The van der Waals surface area contributed by atoms with E-state index >= 15 is 0 Å². The number of nitrogens with zero attached hydrogens (tertiary/aromatic N) is 2. The van der Waals surface area contributed by atoms with E-state index in [4.69, 9.17) is 0 Å². The smallest absolute Gasteiger partial charge is 0.264 e. The molecule has 0 spiro atoms. The topological polar surface area (TPSA) is 86.8 Å². The Morgan fingerprint density at radius 3 is 2.21 bits per heavy atom. The number of carbonyl (C=O) groups excluding carboxylic acids is 2. The maximum Gasteiger partial charge on any atom is 0.264 e. The maximum absolute atomic E-state index is 14.5. The standard InChI is InChI=1S/C28H32FN3O4S2/c1-5-30-28(34)21(3)31(18-22-8-6-7-9-26(22)29)27(33)19-32(23-12-10-20(2)11-13-23)38(35,36)25-16-14-24(37-4)15-17-25/h6-17,21H,5,18-19H2,1-4H3,(H,30,34)/t21-/m0/s1. The van der Waals surface area contributed by atoms with Gasteiger partial charge in [-0.05, 0) is 69.5 Å². The van der Waals surface area contributed by atoms with Crippen molar-refractivity contribution in [1.29, 1.82) is 0 Å². The van der Waals surface area contributed by atoms with Crippen LogP contribution in [-0.4, -0.2) is 50.5 Å². The lowest BCUT2D eigenvalue weighted by atomic mass is 10.1. The highest BCUT2D eigenvalue weighted by Crippen LogP contribution is 2.26. The Hall–Kier alpha value is -3.37. The minimum atomic E-state index is -4.16. The summed E-state index contributed by atoms with van der Waals surface area (Å²) in [7, 11) is -4.16. The Morgan fingerprint density at radius 2 is 1.63 bits per heavy atom. The molecule has 10 heteroatoms. The van der Waals surface area contributed by atoms with Crippen LogP contribution in [0.3, 0.4) is 0 Å². The summed E-state index contributed by atoms with van der Waals surface area (Å²) in [5.74, 6) is -1.59. The van der Waals surface area contributed by atoms with Gasteiger partial charge >= 0.3 is 0 Å². The Kier molecular flexibility index (Phi) is 9.93. The first-order chi connectivity index (χ1) is 18.1. The highest BCUT2D eigenvalue weighted by molar-refractivity contribution is 7.98. The number of thioether (sulfide) groups is 1. The van der Waals surface area contributed by atoms with Gasteiger partial charge in [0, 0.05) is 23.5 Å². The molecule has 3 aromatic carbocycles. The van der Waals surface area contributed by atoms with Crippen LogP contribution in [0.5, 0.6) is 0 Å². The summed E-state index contributed by atoms with van der Waals surface area (Å²) in [4.78, 5) is 28.6. The number of aryl methyl sites for hydroxylation is 1. The van der Waals surface area contributed by atoms with Gasteiger partial charge in [0.2, 0.25) is 11.8 Å². The number of hydrogen-bond donors (Lipinski definition) is 1. The highest BCUT2D eigenvalue weighted by atomic mass is 32.2. The van der Waals surface area contributed by atoms with Crippen LogP contribution in [0.15, 0.2) is 82.6 Å². The van der Waals surface area contributed by atoms with Gasteiger partial charge in [0.15, 0.2) is 0 Å². The molecule has 1 atom stereocenters. The van der Waals surface area contributed by atoms with Crippen LogP contribution in [0.1, 0.15) is 25.0 Å². The van der Waals surface area contributed by atoms with E-state index in [0.717, 1.165) is 14.8 Å². The lowest BCUT2D eigenvalue weighted by molar-refractivity contribution is -0.139. The fourth-order valence-corrected chi connectivity index (χ4v) is 5.65. The van der Waals surface area contributed by atoms with E-state index in [1.165, 1.54) is 53.9 Å². The third-order valence-corrected chi connectivity index (χ3v) is 8.60. The number of amides is 2. The van der Waals surface area contributed by atoms with Gasteiger partial charge < -0.3 is 10.2 Å². The molecule has 0 aromatic heterocycles. The number of rotatable bonds is 11. The van der Waals surface area contributed by atoms with Crippen molar-refractivity contribution in [1.82, 2.24) is 10.2 Å². The molecule has 0 aliphatic rings. The highest BCUT2D eigenvalue weighted by Gasteiger charge is 2.32. The summed E-state index contributed by atoms with van der Waals surface area (Å²) in [6.07, 6.45) is 1.89. The Morgan fingerprint density at radius 1 is 1.00 bits per heavy atom. The van der Waals surface area contributed by atoms with Crippen LogP contribution in [-0.2, 0) is 26.2 Å². The van der Waals surface area contributed by atoms with Crippen molar-refractivity contribution in [2.45, 2.75) is 43.1 Å². The average Bonchev–Trinajstić information content (AvgIpc) is 2.91. The molecule has 3 aromatic rings. The Balaban J connectivity index is 2.03. The van der Waals surface area contributed by atoms with E-state index < -0.39 is 40.2 Å². The number of anilines is 1. The van der Waals surface area contributed by atoms with Crippen LogP contribution >= 0.6 is 11.8 Å². The molecule has 2 amide bonds. The van der Waals surface area contributed by atoms with E-state index in [2.05, 4.69) is 5.32 Å². The molecular formula is C28H32FN3O4S2. The Labute approximate surface area is 228 Å². The van der Waals surface area contributed by atoms with Crippen LogP contribution in [0.4, 0.5) is 10.1 Å². The first-order valence-electron chi connectivity index (χ1n) is 12.1. The molecule has 0 heterocycles. The van der Waals surface area contributed by atoms with E-state index in [0.29, 0.717) is 12.2 Å². The number of hydrogen-bond acceptors (Lipinski definition) is 5. The number of likely N-dealkylation sites (N-methyl/N-ethyl adjacent to an activating group) is 1. The molecule has 3 rings (SSSR count). The average molecular weight is 558 g/mol. The summed E-state index contributed by atoms with van der Waals surface area (Å²) < 4.78 is 43.2. The van der Waals surface area contributed by atoms with Crippen molar-refractivity contribution >= 4 is 39.3 Å². The minimum absolute atomic E-state index is 0.0288. The van der Waals surface area contributed by atoms with Gasteiger partial charge in [0.1, 0.15) is 18.4 Å². The first-order valence-corrected chi connectivity index (χ1v) is 14.8. The third kappa shape index (κ3) is 6.93. The van der Waals surface area contributed by atoms with Gasteiger partial charge in [-0.1, -0.05) is 35.9 Å². The van der Waals surface area contributed by atoms with Gasteiger partial charge in [-0.3, -0.25) is 13.9 Å². The second-order valence-electron chi connectivity index (χ2n) is 8.71. The second-order valence-corrected chi connectivity index (χ2v) is 11.4. The molecule has 7 nitrogen and oxygen atoms in total. The fraction of sp³-hybridized carbons (Fsp3) is 0.286. The summed E-state index contributed by atoms with van der Waals surface area (Å²) in [5.41, 5.74) is 1.44. The molecule has 0 aliphatic carbocycles. The number of nitrogens with one attached hydrogen (secondary N) is 1. The zero-order valence-corrected chi connectivity index (χ0v) is 23.5. The minimum Gasteiger partial charge on any atom is -0.355 e. The molecule has 0 saturated carbocycles. The molecule has 0 fully saturated rings. The predicted molar refractivity (Wildman–Crippen MR) is 149 cm³/mol. The second kappa shape index (κ2) is 12.9. The molecule has 0 bridgehead atoms. The summed E-state index contributed by atoms with van der Waals surface area (Å²) >= 11 is 1.48. The molecule has 0 unspecified atom stereocenters. The van der Waals surface area contributed by atoms with Crippen LogP contribution < -0.4 is 9.62 Å². The van der Waals surface area contributed by atoms with Crippen molar-refractivity contribution in [2.24, 2.45) is 0 Å². The molecule has 0 aliphatic heterocycles. The zero-order valence-electron chi connectivity index (χ0n) is 21.8. The third-order valence-electron chi connectivity index (χ3n) is 6.07. The van der Waals surface area contributed by atoms with Crippen LogP contribution in [0.25, 0.3) is 0 Å². The fourth-order valence-electron chi connectivity index (χ4n) is 3.83. The van der Waals surface area contributed by atoms with Gasteiger partial charge in [-0.25, -0.2) is 12.8 Å². The SMILES string of the molecule is CCNC(=O)[C@H](C)N(Cc1ccccc1F)C(=O)CN(c1ccc(C)cc1)S(=O)(=O)c1ccc(SC)cc1. The van der Waals surface area contributed by atoms with Crippen LogP contribution in [0.2, 0.25) is 0 Å². The predicted octanol–water partition coefficient (Wildman–Crippen LogP) is 4.60. The number of benzene rings is 3. The molecule has 38 heavy (non-hydrogen) atoms. The molecule has 1 N–H and O–H groups in total. The van der Waals surface area contributed by atoms with Crippen molar-refractivity contribution in [3.8, 4) is 0 Å².